The first-order valence-electron chi connectivity index (χ1n) is 26.1. The minimum absolute atomic E-state index is 0.0213. The molecular formula is C57H97NO7. The Bertz CT molecular complexity index is 1330. The lowest BCUT2D eigenvalue weighted by Crippen LogP contribution is -2.55. The van der Waals surface area contributed by atoms with Gasteiger partial charge in [0.1, 0.15) is 12.6 Å². The monoisotopic (exact) mass is 908 g/mol. The molecule has 0 amide bonds. The maximum Gasteiger partial charge on any atom is 0.306 e. The standard InChI is InChI=1S/C57H97NO7/c1-6-8-10-12-14-16-18-20-22-24-26-28-30-31-33-35-37-39-41-43-45-47-55(59)64-52-53(51-63-50-49-54(57(61)62)58(3,4)5)65-56(60)48-46-44-42-40-38-36-34-32-29-27-25-23-21-19-17-15-13-11-9-7-2/h14,16-17,19-23,26,28,31,33,37,39,53-54H,6-13,15,18,24-25,27,29-30,32,34-36,38,40-52H2,1-5H3/b16-14+,19-17+,22-20+,23-21+,28-26+,33-31+,39-37+. The number of carboxylic acid groups (broad SMARTS) is 1. The number of ether oxygens (including phenoxy) is 3. The molecule has 0 rings (SSSR count). The van der Waals surface area contributed by atoms with Gasteiger partial charge in [0.05, 0.1) is 40.3 Å². The number of likely N-dealkylation sites (N-methyl/N-ethyl adjacent to an activating group) is 1. The Morgan fingerprint density at radius 2 is 0.862 bits per heavy atom. The van der Waals surface area contributed by atoms with Crippen molar-refractivity contribution < 1.29 is 38.2 Å². The van der Waals surface area contributed by atoms with Crippen LogP contribution in [0.1, 0.15) is 206 Å². The van der Waals surface area contributed by atoms with Gasteiger partial charge in [-0.1, -0.05) is 182 Å². The van der Waals surface area contributed by atoms with E-state index in [-0.39, 0.29) is 42.7 Å². The van der Waals surface area contributed by atoms with Crippen molar-refractivity contribution in [3.63, 3.8) is 0 Å². The SMILES string of the molecule is CCCCC/C=C/C/C=C/C/C=C/C/C=C/C/C=C/CCCCC(=O)OCC(COCCC(C(=O)[O-])[N+](C)(C)C)OC(=O)CCCCCCCCCCCC/C=C/C=C/CCCCCC. The number of esters is 2. The third-order valence-corrected chi connectivity index (χ3v) is 11.3. The summed E-state index contributed by atoms with van der Waals surface area (Å²) in [5.74, 6) is -1.80. The van der Waals surface area contributed by atoms with Crippen LogP contribution in [0.5, 0.6) is 0 Å². The fraction of sp³-hybridized carbons (Fsp3) is 0.702. The number of hydrogen-bond acceptors (Lipinski definition) is 7. The minimum atomic E-state index is -1.13. The molecule has 0 saturated carbocycles. The van der Waals surface area contributed by atoms with Crippen LogP contribution < -0.4 is 5.11 Å². The van der Waals surface area contributed by atoms with Gasteiger partial charge < -0.3 is 28.6 Å². The van der Waals surface area contributed by atoms with E-state index < -0.39 is 18.1 Å². The summed E-state index contributed by atoms with van der Waals surface area (Å²) in [6, 6.07) is -0.738. The second-order valence-electron chi connectivity index (χ2n) is 18.4. The number of nitrogens with zero attached hydrogens (tertiary/aromatic N) is 1. The molecule has 0 bridgehead atoms. The highest BCUT2D eigenvalue weighted by atomic mass is 16.6. The lowest BCUT2D eigenvalue weighted by molar-refractivity contribution is -0.889. The van der Waals surface area contributed by atoms with Crippen LogP contribution in [0, 0.1) is 0 Å². The number of unbranched alkanes of at least 4 members (excludes halogenated alkanes) is 19. The van der Waals surface area contributed by atoms with Crippen LogP contribution >= 0.6 is 0 Å². The highest BCUT2D eigenvalue weighted by Gasteiger charge is 2.25. The molecule has 0 aromatic heterocycles. The van der Waals surface area contributed by atoms with Gasteiger partial charge in [0.15, 0.2) is 6.10 Å². The van der Waals surface area contributed by atoms with Crippen LogP contribution in [0.25, 0.3) is 0 Å². The van der Waals surface area contributed by atoms with Gasteiger partial charge >= 0.3 is 11.9 Å². The second kappa shape index (κ2) is 47.0. The Labute approximate surface area is 399 Å². The van der Waals surface area contributed by atoms with Gasteiger partial charge in [-0.2, -0.15) is 0 Å². The summed E-state index contributed by atoms with van der Waals surface area (Å²) in [5, 5.41) is 11.7. The fourth-order valence-corrected chi connectivity index (χ4v) is 7.20. The maximum absolute atomic E-state index is 12.8. The summed E-state index contributed by atoms with van der Waals surface area (Å²) in [4.78, 5) is 37.0. The van der Waals surface area contributed by atoms with Crippen LogP contribution in [0.15, 0.2) is 85.1 Å². The van der Waals surface area contributed by atoms with Crippen molar-refractivity contribution in [2.75, 3.05) is 41.0 Å². The summed E-state index contributed by atoms with van der Waals surface area (Å²) in [6.45, 7) is 4.57. The molecule has 0 spiro atoms. The number of carbonyl (C=O) groups is 3. The highest BCUT2D eigenvalue weighted by Crippen LogP contribution is 2.14. The Kier molecular flexibility index (Phi) is 44.5. The zero-order valence-corrected chi connectivity index (χ0v) is 42.4. The van der Waals surface area contributed by atoms with Gasteiger partial charge in [-0.25, -0.2) is 0 Å². The molecule has 0 aromatic rings. The molecule has 0 aliphatic carbocycles. The predicted octanol–water partition coefficient (Wildman–Crippen LogP) is 13.9. The van der Waals surface area contributed by atoms with Crippen molar-refractivity contribution in [3.8, 4) is 0 Å². The Morgan fingerprint density at radius 3 is 1.35 bits per heavy atom. The van der Waals surface area contributed by atoms with Gasteiger partial charge in [-0.3, -0.25) is 9.59 Å². The number of rotatable bonds is 46. The molecule has 372 valence electrons. The van der Waals surface area contributed by atoms with Crippen molar-refractivity contribution in [1.29, 1.82) is 0 Å². The van der Waals surface area contributed by atoms with Gasteiger partial charge in [-0.05, 0) is 89.9 Å². The summed E-state index contributed by atoms with van der Waals surface area (Å²) < 4.78 is 17.2. The second-order valence-corrected chi connectivity index (χ2v) is 18.4. The van der Waals surface area contributed by atoms with Crippen molar-refractivity contribution >= 4 is 17.9 Å². The molecule has 8 heteroatoms. The van der Waals surface area contributed by atoms with E-state index in [9.17, 15) is 19.5 Å². The summed E-state index contributed by atoms with van der Waals surface area (Å²) in [7, 11) is 5.40. The molecule has 0 saturated heterocycles. The molecule has 65 heavy (non-hydrogen) atoms. The van der Waals surface area contributed by atoms with Gasteiger partial charge in [0.2, 0.25) is 0 Å². The van der Waals surface area contributed by atoms with E-state index in [1.165, 1.54) is 103 Å². The van der Waals surface area contributed by atoms with E-state index in [4.69, 9.17) is 14.2 Å². The molecule has 2 atom stereocenters. The van der Waals surface area contributed by atoms with Crippen LogP contribution in [0.2, 0.25) is 0 Å². The number of carboxylic acids is 1. The van der Waals surface area contributed by atoms with E-state index in [1.54, 1.807) is 21.1 Å². The summed E-state index contributed by atoms with van der Waals surface area (Å²) in [5.41, 5.74) is 0. The number of aliphatic carboxylic acids is 1. The third kappa shape index (κ3) is 45.5. The molecule has 0 heterocycles. The third-order valence-electron chi connectivity index (χ3n) is 11.3. The summed E-state index contributed by atoms with van der Waals surface area (Å²) in [6.07, 6.45) is 61.8. The van der Waals surface area contributed by atoms with Crippen LogP contribution in [-0.2, 0) is 28.6 Å². The molecule has 0 fully saturated rings. The van der Waals surface area contributed by atoms with Gasteiger partial charge in [-0.15, -0.1) is 0 Å². The molecule has 0 aliphatic rings. The van der Waals surface area contributed by atoms with Crippen LogP contribution in [-0.4, -0.2) is 75.5 Å². The van der Waals surface area contributed by atoms with E-state index in [0.29, 0.717) is 19.3 Å². The lowest BCUT2D eigenvalue weighted by atomic mass is 10.1. The number of carbonyl (C=O) groups excluding carboxylic acids is 3. The molecule has 2 unspecified atom stereocenters. The van der Waals surface area contributed by atoms with Crippen molar-refractivity contribution in [1.82, 2.24) is 0 Å². The topological polar surface area (TPSA) is 102 Å². The largest absolute Gasteiger partial charge is 0.544 e. The molecular weight excluding hydrogens is 811 g/mol. The first kappa shape index (κ1) is 61.5. The maximum atomic E-state index is 12.8. The zero-order valence-electron chi connectivity index (χ0n) is 42.4. The quantitative estimate of drug-likeness (QED) is 0.0197. The average Bonchev–Trinajstić information content (AvgIpc) is 3.27. The first-order chi connectivity index (χ1) is 31.6. The first-order valence-corrected chi connectivity index (χ1v) is 26.1. The fourth-order valence-electron chi connectivity index (χ4n) is 7.20. The van der Waals surface area contributed by atoms with Crippen LogP contribution in [0.4, 0.5) is 0 Å². The van der Waals surface area contributed by atoms with Crippen molar-refractivity contribution in [2.24, 2.45) is 0 Å². The number of hydrogen-bond donors (Lipinski definition) is 0. The molecule has 8 nitrogen and oxygen atoms in total. The van der Waals surface area contributed by atoms with E-state index in [1.807, 2.05) is 0 Å². The highest BCUT2D eigenvalue weighted by molar-refractivity contribution is 5.70. The van der Waals surface area contributed by atoms with E-state index in [0.717, 1.165) is 64.2 Å². The Morgan fingerprint density at radius 1 is 0.477 bits per heavy atom. The molecule has 0 radical (unpaired) electrons. The molecule has 0 N–H and O–H groups in total. The molecule has 0 aliphatic heterocycles. The normalized spacial score (nSPS) is 13.6. The van der Waals surface area contributed by atoms with E-state index >= 15 is 0 Å². The van der Waals surface area contributed by atoms with Crippen LogP contribution in [0.3, 0.4) is 0 Å². The molecule has 0 aromatic carbocycles. The van der Waals surface area contributed by atoms with E-state index in [2.05, 4.69) is 98.9 Å². The van der Waals surface area contributed by atoms with Gasteiger partial charge in [0.25, 0.3) is 0 Å². The average molecular weight is 908 g/mol. The predicted molar refractivity (Wildman–Crippen MR) is 272 cm³/mol. The Hall–Kier alpha value is -3.49. The van der Waals surface area contributed by atoms with Gasteiger partial charge in [0, 0.05) is 19.3 Å². The number of quaternary nitrogens is 1. The Balaban J connectivity index is 4.35. The zero-order chi connectivity index (χ0) is 47.7. The van der Waals surface area contributed by atoms with Crippen molar-refractivity contribution in [3.05, 3.63) is 85.1 Å². The van der Waals surface area contributed by atoms with Crippen molar-refractivity contribution in [2.45, 2.75) is 219 Å². The summed E-state index contributed by atoms with van der Waals surface area (Å²) >= 11 is 0. The number of allylic oxidation sites excluding steroid dienone is 14. The smallest absolute Gasteiger partial charge is 0.306 e. The minimum Gasteiger partial charge on any atom is -0.544 e. The lowest BCUT2D eigenvalue weighted by Gasteiger charge is -2.34.